The van der Waals surface area contributed by atoms with E-state index in [1.165, 1.54) is 0 Å². The number of halogens is 1. The van der Waals surface area contributed by atoms with Crippen molar-refractivity contribution < 1.29 is 4.79 Å². The molecule has 0 aliphatic carbocycles. The van der Waals surface area contributed by atoms with Crippen molar-refractivity contribution in [2.75, 3.05) is 38.5 Å². The van der Waals surface area contributed by atoms with Gasteiger partial charge in [0.05, 0.1) is 0 Å². The molecule has 2 amide bonds. The van der Waals surface area contributed by atoms with Gasteiger partial charge in [0.25, 0.3) is 0 Å². The normalized spacial score (nSPS) is 17.4. The van der Waals surface area contributed by atoms with Crippen molar-refractivity contribution in [3.63, 3.8) is 0 Å². The van der Waals surface area contributed by atoms with Crippen LogP contribution < -0.4 is 10.7 Å². The average Bonchev–Trinajstić information content (AvgIpc) is 2.32. The van der Waals surface area contributed by atoms with E-state index in [0.717, 1.165) is 26.2 Å². The van der Waals surface area contributed by atoms with Gasteiger partial charge in [0.15, 0.2) is 0 Å². The van der Waals surface area contributed by atoms with Crippen LogP contribution in [0.1, 0.15) is 0 Å². The lowest BCUT2D eigenvalue weighted by Crippen LogP contribution is -2.53. The Kier molecular flexibility index (Phi) is 4.41. The second kappa shape index (κ2) is 6.04. The number of hydrogen-bond acceptors (Lipinski definition) is 3. The van der Waals surface area contributed by atoms with E-state index in [9.17, 15) is 4.79 Å². The number of nitrogens with zero attached hydrogens (tertiary/aromatic N) is 2. The van der Waals surface area contributed by atoms with Crippen molar-refractivity contribution >= 4 is 23.3 Å². The fourth-order valence-corrected chi connectivity index (χ4v) is 1.98. The molecule has 1 saturated heterocycles. The summed E-state index contributed by atoms with van der Waals surface area (Å²) in [7, 11) is 2.07. The van der Waals surface area contributed by atoms with Crippen LogP contribution in [-0.2, 0) is 0 Å². The van der Waals surface area contributed by atoms with Crippen molar-refractivity contribution in [3.05, 3.63) is 29.3 Å². The van der Waals surface area contributed by atoms with E-state index in [-0.39, 0.29) is 6.03 Å². The summed E-state index contributed by atoms with van der Waals surface area (Å²) in [4.78, 5) is 14.0. The number of nitrogens with one attached hydrogen (secondary N) is 2. The van der Waals surface area contributed by atoms with E-state index in [4.69, 9.17) is 11.6 Å². The summed E-state index contributed by atoms with van der Waals surface area (Å²) in [5, 5.41) is 5.27. The van der Waals surface area contributed by atoms with Crippen LogP contribution >= 0.6 is 11.6 Å². The van der Waals surface area contributed by atoms with Crippen LogP contribution in [0.25, 0.3) is 0 Å². The average molecular weight is 269 g/mol. The Morgan fingerprint density at radius 3 is 2.67 bits per heavy atom. The summed E-state index contributed by atoms with van der Waals surface area (Å²) < 4.78 is 0. The van der Waals surface area contributed by atoms with Gasteiger partial charge in [0.2, 0.25) is 0 Å². The number of anilines is 1. The molecule has 0 spiro atoms. The van der Waals surface area contributed by atoms with Crippen molar-refractivity contribution in [1.82, 2.24) is 15.3 Å². The standard InChI is InChI=1S/C12H17ClN4O/c1-16-5-7-17(8-6-16)15-12(18)14-11-4-2-3-10(13)9-11/h2-4,9H,5-8H2,1H3,(H2,14,15,18). The molecule has 6 heteroatoms. The molecule has 1 aromatic carbocycles. The number of hydrazine groups is 1. The van der Waals surface area contributed by atoms with Gasteiger partial charge in [-0.05, 0) is 25.2 Å². The van der Waals surface area contributed by atoms with Gasteiger partial charge in [-0.3, -0.25) is 5.43 Å². The zero-order valence-electron chi connectivity index (χ0n) is 10.3. The van der Waals surface area contributed by atoms with Crippen molar-refractivity contribution in [2.45, 2.75) is 0 Å². The maximum absolute atomic E-state index is 11.8. The monoisotopic (exact) mass is 268 g/mol. The summed E-state index contributed by atoms with van der Waals surface area (Å²) in [5.41, 5.74) is 3.51. The van der Waals surface area contributed by atoms with E-state index in [1.807, 2.05) is 5.01 Å². The Balaban J connectivity index is 1.82. The molecular weight excluding hydrogens is 252 g/mol. The van der Waals surface area contributed by atoms with Crippen LogP contribution in [0.3, 0.4) is 0 Å². The number of likely N-dealkylation sites (N-methyl/N-ethyl adjacent to an activating group) is 1. The molecule has 0 unspecified atom stereocenters. The molecule has 98 valence electrons. The van der Waals surface area contributed by atoms with Crippen LogP contribution in [0.5, 0.6) is 0 Å². The third-order valence-electron chi connectivity index (χ3n) is 2.85. The SMILES string of the molecule is CN1CCN(NC(=O)Nc2cccc(Cl)c2)CC1. The number of rotatable bonds is 2. The molecule has 1 heterocycles. The van der Waals surface area contributed by atoms with Crippen molar-refractivity contribution in [3.8, 4) is 0 Å². The lowest BCUT2D eigenvalue weighted by Gasteiger charge is -2.32. The first-order valence-electron chi connectivity index (χ1n) is 5.90. The quantitative estimate of drug-likeness (QED) is 0.857. The van der Waals surface area contributed by atoms with E-state index < -0.39 is 0 Å². The molecule has 0 radical (unpaired) electrons. The minimum Gasteiger partial charge on any atom is -0.307 e. The Morgan fingerprint density at radius 1 is 1.28 bits per heavy atom. The number of carbonyl (C=O) groups is 1. The first-order chi connectivity index (χ1) is 8.63. The summed E-state index contributed by atoms with van der Waals surface area (Å²) in [6, 6.07) is 6.85. The van der Waals surface area contributed by atoms with Crippen LogP contribution in [0.2, 0.25) is 5.02 Å². The molecular formula is C12H17ClN4O. The molecule has 2 N–H and O–H groups in total. The largest absolute Gasteiger partial charge is 0.333 e. The highest BCUT2D eigenvalue weighted by Crippen LogP contribution is 2.14. The molecule has 18 heavy (non-hydrogen) atoms. The van der Waals surface area contributed by atoms with Gasteiger partial charge in [-0.15, -0.1) is 0 Å². The zero-order chi connectivity index (χ0) is 13.0. The van der Waals surface area contributed by atoms with Gasteiger partial charge >= 0.3 is 6.03 Å². The molecule has 1 fully saturated rings. The third-order valence-corrected chi connectivity index (χ3v) is 3.08. The molecule has 5 nitrogen and oxygen atoms in total. The van der Waals surface area contributed by atoms with E-state index in [2.05, 4.69) is 22.7 Å². The second-order valence-corrected chi connectivity index (χ2v) is 4.80. The highest BCUT2D eigenvalue weighted by atomic mass is 35.5. The van der Waals surface area contributed by atoms with Gasteiger partial charge in [0, 0.05) is 36.9 Å². The van der Waals surface area contributed by atoms with Crippen LogP contribution in [-0.4, -0.2) is 49.2 Å². The number of carbonyl (C=O) groups excluding carboxylic acids is 1. The zero-order valence-corrected chi connectivity index (χ0v) is 11.1. The predicted octanol–water partition coefficient (Wildman–Crippen LogP) is 1.62. The molecule has 0 aromatic heterocycles. The van der Waals surface area contributed by atoms with Gasteiger partial charge in [0.1, 0.15) is 0 Å². The maximum atomic E-state index is 11.8. The Morgan fingerprint density at radius 2 is 2.00 bits per heavy atom. The third kappa shape index (κ3) is 3.87. The fraction of sp³-hybridized carbons (Fsp3) is 0.417. The van der Waals surface area contributed by atoms with Crippen LogP contribution in [0.15, 0.2) is 24.3 Å². The highest BCUT2D eigenvalue weighted by molar-refractivity contribution is 6.30. The number of urea groups is 1. The van der Waals surface area contributed by atoms with E-state index in [1.54, 1.807) is 24.3 Å². The first-order valence-corrected chi connectivity index (χ1v) is 6.28. The second-order valence-electron chi connectivity index (χ2n) is 4.37. The maximum Gasteiger partial charge on any atom is 0.333 e. The lowest BCUT2D eigenvalue weighted by molar-refractivity contribution is 0.116. The minimum atomic E-state index is -0.234. The van der Waals surface area contributed by atoms with Crippen LogP contribution in [0, 0.1) is 0 Å². The summed E-state index contributed by atoms with van der Waals surface area (Å²) in [6.07, 6.45) is 0. The molecule has 0 saturated carbocycles. The molecule has 2 rings (SSSR count). The number of amides is 2. The number of piperazine rings is 1. The molecule has 1 aromatic rings. The Bertz CT molecular complexity index is 418. The number of hydrogen-bond donors (Lipinski definition) is 2. The Labute approximate surface area is 112 Å². The number of benzene rings is 1. The smallest absolute Gasteiger partial charge is 0.307 e. The van der Waals surface area contributed by atoms with Gasteiger partial charge in [-0.1, -0.05) is 17.7 Å². The van der Waals surface area contributed by atoms with Crippen molar-refractivity contribution in [1.29, 1.82) is 0 Å². The highest BCUT2D eigenvalue weighted by Gasteiger charge is 2.15. The summed E-state index contributed by atoms with van der Waals surface area (Å²) in [5.74, 6) is 0. The fourth-order valence-electron chi connectivity index (χ4n) is 1.79. The molecule has 1 aliphatic heterocycles. The van der Waals surface area contributed by atoms with Gasteiger partial charge < -0.3 is 10.2 Å². The van der Waals surface area contributed by atoms with E-state index >= 15 is 0 Å². The molecule has 0 atom stereocenters. The van der Waals surface area contributed by atoms with Crippen molar-refractivity contribution in [2.24, 2.45) is 0 Å². The predicted molar refractivity (Wildman–Crippen MR) is 72.7 cm³/mol. The summed E-state index contributed by atoms with van der Waals surface area (Å²) >= 11 is 5.85. The van der Waals surface area contributed by atoms with Gasteiger partial charge in [-0.25, -0.2) is 9.80 Å². The Hall–Kier alpha value is -1.30. The van der Waals surface area contributed by atoms with E-state index in [0.29, 0.717) is 10.7 Å². The molecule has 1 aliphatic rings. The minimum absolute atomic E-state index is 0.234. The topological polar surface area (TPSA) is 47.6 Å². The molecule has 0 bridgehead atoms. The first kappa shape index (κ1) is 13.1. The van der Waals surface area contributed by atoms with Crippen LogP contribution in [0.4, 0.5) is 10.5 Å². The van der Waals surface area contributed by atoms with Gasteiger partial charge in [-0.2, -0.15) is 0 Å². The summed E-state index contributed by atoms with van der Waals surface area (Å²) in [6.45, 7) is 3.58. The lowest BCUT2D eigenvalue weighted by atomic mass is 10.3.